The highest BCUT2D eigenvalue weighted by Gasteiger charge is 2.16. The highest BCUT2D eigenvalue weighted by Crippen LogP contribution is 2.12. The van der Waals surface area contributed by atoms with Crippen molar-refractivity contribution in [2.75, 3.05) is 11.5 Å². The van der Waals surface area contributed by atoms with E-state index < -0.39 is 11.4 Å². The Morgan fingerprint density at radius 1 is 1.26 bits per heavy atom. The lowest BCUT2D eigenvalue weighted by molar-refractivity contribution is -0.151. The fraction of sp³-hybridized carbons (Fsp3) is 0.429. The van der Waals surface area contributed by atoms with Gasteiger partial charge in [0.2, 0.25) is 0 Å². The third-order valence-electron chi connectivity index (χ3n) is 2.02. The Bertz CT molecular complexity index is 466. The Hall–Kier alpha value is -1.36. The predicted octanol–water partition coefficient (Wildman–Crippen LogP) is 3.08. The second kappa shape index (κ2) is 6.70. The number of carbonyl (C=O) groups is 2. The van der Waals surface area contributed by atoms with Gasteiger partial charge >= 0.3 is 5.97 Å². The fourth-order valence-electron chi connectivity index (χ4n) is 1.34. The molecular formula is C14H17FO3S. The molecule has 0 radical (unpaired) electrons. The van der Waals surface area contributed by atoms with Crippen molar-refractivity contribution in [2.45, 2.75) is 26.4 Å². The van der Waals surface area contributed by atoms with Gasteiger partial charge in [-0.3, -0.25) is 9.59 Å². The van der Waals surface area contributed by atoms with Gasteiger partial charge in [-0.25, -0.2) is 4.39 Å². The van der Waals surface area contributed by atoms with Gasteiger partial charge in [-0.1, -0.05) is 12.1 Å². The van der Waals surface area contributed by atoms with Crippen LogP contribution in [0.3, 0.4) is 0 Å². The monoisotopic (exact) mass is 284 g/mol. The normalized spacial score (nSPS) is 11.2. The van der Waals surface area contributed by atoms with Crippen molar-refractivity contribution in [2.24, 2.45) is 0 Å². The molecule has 0 aliphatic rings. The SMILES string of the molecule is CC(C)(C)OC(=O)CSCC(=O)c1cccc(F)c1. The first-order chi connectivity index (χ1) is 8.78. The van der Waals surface area contributed by atoms with Crippen LogP contribution in [0.4, 0.5) is 4.39 Å². The molecule has 104 valence electrons. The van der Waals surface area contributed by atoms with Gasteiger partial charge in [0.15, 0.2) is 5.78 Å². The van der Waals surface area contributed by atoms with Crippen LogP contribution in [-0.4, -0.2) is 28.9 Å². The van der Waals surface area contributed by atoms with E-state index in [-0.39, 0.29) is 23.3 Å². The molecule has 0 unspecified atom stereocenters. The first kappa shape index (κ1) is 15.7. The van der Waals surface area contributed by atoms with E-state index >= 15 is 0 Å². The molecule has 0 saturated heterocycles. The standard InChI is InChI=1S/C14H17FO3S/c1-14(2,3)18-13(17)9-19-8-12(16)10-5-4-6-11(15)7-10/h4-7H,8-9H2,1-3H3. The molecule has 0 fully saturated rings. The van der Waals surface area contributed by atoms with E-state index in [0.717, 1.165) is 11.8 Å². The molecule has 0 heterocycles. The van der Waals surface area contributed by atoms with E-state index in [1.54, 1.807) is 26.8 Å². The van der Waals surface area contributed by atoms with Crippen molar-refractivity contribution in [1.82, 2.24) is 0 Å². The van der Waals surface area contributed by atoms with Crippen molar-refractivity contribution >= 4 is 23.5 Å². The number of ether oxygens (including phenoxy) is 1. The summed E-state index contributed by atoms with van der Waals surface area (Å²) in [5.74, 6) is -0.762. The van der Waals surface area contributed by atoms with Crippen LogP contribution in [0.2, 0.25) is 0 Å². The van der Waals surface area contributed by atoms with E-state index in [1.807, 2.05) is 0 Å². The Morgan fingerprint density at radius 2 is 1.95 bits per heavy atom. The first-order valence-corrected chi connectivity index (χ1v) is 7.02. The Kier molecular flexibility index (Phi) is 5.54. The molecule has 5 heteroatoms. The third kappa shape index (κ3) is 6.38. The number of thioether (sulfide) groups is 1. The number of halogens is 1. The second-order valence-electron chi connectivity index (χ2n) is 5.01. The third-order valence-corrected chi connectivity index (χ3v) is 2.93. The molecule has 0 N–H and O–H groups in total. The number of hydrogen-bond acceptors (Lipinski definition) is 4. The first-order valence-electron chi connectivity index (χ1n) is 5.86. The molecule has 0 bridgehead atoms. The van der Waals surface area contributed by atoms with Crippen LogP contribution >= 0.6 is 11.8 Å². The molecule has 0 aliphatic carbocycles. The predicted molar refractivity (Wildman–Crippen MR) is 73.9 cm³/mol. The molecule has 1 rings (SSSR count). The van der Waals surface area contributed by atoms with E-state index in [4.69, 9.17) is 4.74 Å². The minimum atomic E-state index is -0.524. The van der Waals surface area contributed by atoms with Crippen molar-refractivity contribution < 1.29 is 18.7 Å². The van der Waals surface area contributed by atoms with Gasteiger partial charge in [-0.2, -0.15) is 0 Å². The van der Waals surface area contributed by atoms with Crippen molar-refractivity contribution in [3.05, 3.63) is 35.6 Å². The summed E-state index contributed by atoms with van der Waals surface area (Å²) in [7, 11) is 0. The summed E-state index contributed by atoms with van der Waals surface area (Å²) in [5.41, 5.74) is -0.207. The van der Waals surface area contributed by atoms with Crippen LogP contribution in [-0.2, 0) is 9.53 Å². The summed E-state index contributed by atoms with van der Waals surface area (Å²) >= 11 is 1.16. The topological polar surface area (TPSA) is 43.4 Å². The number of hydrogen-bond donors (Lipinski definition) is 0. The minimum absolute atomic E-state index is 0.109. The molecule has 0 amide bonds. The second-order valence-corrected chi connectivity index (χ2v) is 6.00. The molecule has 1 aromatic rings. The molecule has 1 aromatic carbocycles. The smallest absolute Gasteiger partial charge is 0.316 e. The average molecular weight is 284 g/mol. The molecule has 3 nitrogen and oxygen atoms in total. The van der Waals surface area contributed by atoms with Gasteiger partial charge < -0.3 is 4.74 Å². The van der Waals surface area contributed by atoms with Crippen LogP contribution in [0.1, 0.15) is 31.1 Å². The van der Waals surface area contributed by atoms with Crippen LogP contribution in [0.25, 0.3) is 0 Å². The van der Waals surface area contributed by atoms with E-state index in [1.165, 1.54) is 18.2 Å². The largest absolute Gasteiger partial charge is 0.459 e. The lowest BCUT2D eigenvalue weighted by Crippen LogP contribution is -2.25. The summed E-state index contributed by atoms with van der Waals surface area (Å²) in [6.45, 7) is 5.36. The van der Waals surface area contributed by atoms with Crippen LogP contribution in [0.15, 0.2) is 24.3 Å². The van der Waals surface area contributed by atoms with Gasteiger partial charge in [-0.05, 0) is 32.9 Å². The van der Waals surface area contributed by atoms with Crippen molar-refractivity contribution in [3.63, 3.8) is 0 Å². The number of benzene rings is 1. The van der Waals surface area contributed by atoms with Crippen LogP contribution < -0.4 is 0 Å². The molecular weight excluding hydrogens is 267 g/mol. The highest BCUT2D eigenvalue weighted by molar-refractivity contribution is 8.00. The summed E-state index contributed by atoms with van der Waals surface area (Å²) in [5, 5.41) is 0. The summed E-state index contributed by atoms with van der Waals surface area (Å²) in [4.78, 5) is 23.1. The van der Waals surface area contributed by atoms with Gasteiger partial charge in [0.1, 0.15) is 11.4 Å². The quantitative estimate of drug-likeness (QED) is 0.615. The van der Waals surface area contributed by atoms with Crippen LogP contribution in [0, 0.1) is 5.82 Å². The molecule has 19 heavy (non-hydrogen) atoms. The molecule has 0 aliphatic heterocycles. The van der Waals surface area contributed by atoms with Gasteiger partial charge in [0.25, 0.3) is 0 Å². The summed E-state index contributed by atoms with van der Waals surface area (Å²) in [6, 6.07) is 5.52. The lowest BCUT2D eigenvalue weighted by Gasteiger charge is -2.19. The molecule has 0 spiro atoms. The van der Waals surface area contributed by atoms with Crippen molar-refractivity contribution in [3.8, 4) is 0 Å². The van der Waals surface area contributed by atoms with Gasteiger partial charge in [-0.15, -0.1) is 11.8 Å². The number of Topliss-reactive ketones (excluding diaryl/α,β-unsaturated/α-hetero) is 1. The van der Waals surface area contributed by atoms with Gasteiger partial charge in [0.05, 0.1) is 11.5 Å². The van der Waals surface area contributed by atoms with E-state index in [9.17, 15) is 14.0 Å². The highest BCUT2D eigenvalue weighted by atomic mass is 32.2. The molecule has 0 saturated carbocycles. The lowest BCUT2D eigenvalue weighted by atomic mass is 10.1. The zero-order valence-corrected chi connectivity index (χ0v) is 12.1. The Labute approximate surface area is 116 Å². The molecule has 0 aromatic heterocycles. The number of carbonyl (C=O) groups excluding carboxylic acids is 2. The molecule has 0 atom stereocenters. The number of rotatable bonds is 5. The number of ketones is 1. The zero-order valence-electron chi connectivity index (χ0n) is 11.2. The fourth-order valence-corrected chi connectivity index (χ4v) is 2.02. The van der Waals surface area contributed by atoms with Crippen LogP contribution in [0.5, 0.6) is 0 Å². The van der Waals surface area contributed by atoms with E-state index in [0.29, 0.717) is 5.56 Å². The number of esters is 1. The van der Waals surface area contributed by atoms with Crippen molar-refractivity contribution in [1.29, 1.82) is 0 Å². The van der Waals surface area contributed by atoms with E-state index in [2.05, 4.69) is 0 Å². The Balaban J connectivity index is 2.37. The Morgan fingerprint density at radius 3 is 2.53 bits per heavy atom. The average Bonchev–Trinajstić information content (AvgIpc) is 2.26. The maximum absolute atomic E-state index is 12.9. The minimum Gasteiger partial charge on any atom is -0.459 e. The maximum Gasteiger partial charge on any atom is 0.316 e. The summed E-state index contributed by atoms with van der Waals surface area (Å²) < 4.78 is 18.0. The summed E-state index contributed by atoms with van der Waals surface area (Å²) in [6.07, 6.45) is 0. The zero-order chi connectivity index (χ0) is 14.5. The maximum atomic E-state index is 12.9. The van der Waals surface area contributed by atoms with Gasteiger partial charge in [0, 0.05) is 5.56 Å².